The Kier molecular flexibility index (Phi) is 5.87. The second-order valence-corrected chi connectivity index (χ2v) is 2.94. The quantitative estimate of drug-likeness (QED) is 0.478. The fraction of sp³-hybridized carbons (Fsp3) is 0.778. The number of hydrogen-bond donors (Lipinski definition) is 0. The fourth-order valence-corrected chi connectivity index (χ4v) is 0.890. The van der Waals surface area contributed by atoms with E-state index >= 15 is 0 Å². The summed E-state index contributed by atoms with van der Waals surface area (Å²) in [7, 11) is 3.09. The molecule has 0 spiro atoms. The van der Waals surface area contributed by atoms with Gasteiger partial charge in [0.25, 0.3) is 0 Å². The Bertz CT molecular complexity index is 205. The van der Waals surface area contributed by atoms with Crippen LogP contribution in [0.1, 0.15) is 13.8 Å². The van der Waals surface area contributed by atoms with Crippen LogP contribution in [-0.2, 0) is 19.1 Å². The predicted octanol–water partition coefficient (Wildman–Crippen LogP) is 0.0428. The molecule has 0 aromatic rings. The molecule has 0 rings (SSSR count). The highest BCUT2D eigenvalue weighted by Crippen LogP contribution is 1.98. The molecule has 0 aromatic heterocycles. The van der Waals surface area contributed by atoms with Crippen LogP contribution in [-0.4, -0.2) is 50.2 Å². The number of amides is 1. The van der Waals surface area contributed by atoms with Gasteiger partial charge in [0.2, 0.25) is 0 Å². The van der Waals surface area contributed by atoms with Crippen LogP contribution < -0.4 is 0 Å². The smallest absolute Gasteiger partial charge is 0.397 e. The summed E-state index contributed by atoms with van der Waals surface area (Å²) in [4.78, 5) is 23.7. The zero-order valence-corrected chi connectivity index (χ0v) is 9.07. The summed E-state index contributed by atoms with van der Waals surface area (Å²) in [6, 6.07) is -0.142. The number of methoxy groups -OCH3 is 1. The second kappa shape index (κ2) is 6.37. The molecular weight excluding hydrogens is 186 g/mol. The fourth-order valence-electron chi connectivity index (χ4n) is 0.890. The lowest BCUT2D eigenvalue weighted by atomic mass is 10.3. The lowest BCUT2D eigenvalue weighted by Gasteiger charge is -2.22. The van der Waals surface area contributed by atoms with Crippen molar-refractivity contribution in [3.05, 3.63) is 0 Å². The molecule has 5 nitrogen and oxygen atoms in total. The summed E-state index contributed by atoms with van der Waals surface area (Å²) in [5.41, 5.74) is 0. The summed E-state index contributed by atoms with van der Waals surface area (Å²) < 4.78 is 9.45. The average molecular weight is 203 g/mol. The van der Waals surface area contributed by atoms with Gasteiger partial charge in [-0.2, -0.15) is 0 Å². The SMILES string of the molecule is CCOC(=O)C(=O)N(C)C(C)COC. The lowest BCUT2D eigenvalue weighted by molar-refractivity contribution is -0.160. The van der Waals surface area contributed by atoms with E-state index in [0.29, 0.717) is 6.61 Å². The summed E-state index contributed by atoms with van der Waals surface area (Å²) in [6.07, 6.45) is 0. The minimum Gasteiger partial charge on any atom is -0.459 e. The van der Waals surface area contributed by atoms with Gasteiger partial charge < -0.3 is 14.4 Å². The largest absolute Gasteiger partial charge is 0.459 e. The lowest BCUT2D eigenvalue weighted by Crippen LogP contribution is -2.42. The third kappa shape index (κ3) is 3.74. The van der Waals surface area contributed by atoms with E-state index in [2.05, 4.69) is 4.74 Å². The van der Waals surface area contributed by atoms with E-state index in [9.17, 15) is 9.59 Å². The van der Waals surface area contributed by atoms with Crippen LogP contribution in [0.15, 0.2) is 0 Å². The molecule has 1 atom stereocenters. The molecule has 14 heavy (non-hydrogen) atoms. The number of esters is 1. The van der Waals surface area contributed by atoms with E-state index in [1.54, 1.807) is 28.0 Å². The molecule has 0 radical (unpaired) electrons. The van der Waals surface area contributed by atoms with Crippen molar-refractivity contribution >= 4 is 11.9 Å². The summed E-state index contributed by atoms with van der Waals surface area (Å²) in [5.74, 6) is -1.46. The van der Waals surface area contributed by atoms with Gasteiger partial charge in [-0.25, -0.2) is 4.79 Å². The molecule has 82 valence electrons. The van der Waals surface area contributed by atoms with Gasteiger partial charge in [0.15, 0.2) is 0 Å². The maximum Gasteiger partial charge on any atom is 0.397 e. The van der Waals surface area contributed by atoms with Crippen LogP contribution in [0.5, 0.6) is 0 Å². The zero-order valence-electron chi connectivity index (χ0n) is 9.07. The summed E-state index contributed by atoms with van der Waals surface area (Å²) in [5, 5.41) is 0. The van der Waals surface area contributed by atoms with Gasteiger partial charge in [-0.05, 0) is 13.8 Å². The molecule has 0 aromatic carbocycles. The Balaban J connectivity index is 4.16. The summed E-state index contributed by atoms with van der Waals surface area (Å²) >= 11 is 0. The maximum absolute atomic E-state index is 11.3. The van der Waals surface area contributed by atoms with Crippen molar-refractivity contribution in [3.8, 4) is 0 Å². The summed E-state index contributed by atoms with van der Waals surface area (Å²) in [6.45, 7) is 4.04. The number of likely N-dealkylation sites (N-methyl/N-ethyl adjacent to an activating group) is 1. The molecule has 0 N–H and O–H groups in total. The second-order valence-electron chi connectivity index (χ2n) is 2.94. The number of carbonyl (C=O) groups excluding carboxylic acids is 2. The van der Waals surface area contributed by atoms with E-state index in [-0.39, 0.29) is 12.6 Å². The van der Waals surface area contributed by atoms with Crippen LogP contribution in [0.2, 0.25) is 0 Å². The first-order chi connectivity index (χ1) is 6.54. The van der Waals surface area contributed by atoms with Crippen molar-refractivity contribution < 1.29 is 19.1 Å². The first-order valence-corrected chi connectivity index (χ1v) is 4.47. The molecule has 0 heterocycles. The van der Waals surface area contributed by atoms with E-state index in [1.165, 1.54) is 4.90 Å². The van der Waals surface area contributed by atoms with Crippen molar-refractivity contribution in [2.75, 3.05) is 27.4 Å². The van der Waals surface area contributed by atoms with Gasteiger partial charge in [-0.1, -0.05) is 0 Å². The van der Waals surface area contributed by atoms with Crippen LogP contribution in [0, 0.1) is 0 Å². The van der Waals surface area contributed by atoms with Crippen LogP contribution in [0.25, 0.3) is 0 Å². The Labute approximate surface area is 84.0 Å². The molecule has 0 fully saturated rings. The number of ether oxygens (including phenoxy) is 2. The number of hydrogen-bond acceptors (Lipinski definition) is 4. The number of carbonyl (C=O) groups is 2. The molecular formula is C9H17NO4. The first kappa shape index (κ1) is 12.9. The molecule has 0 aliphatic heterocycles. The molecule has 0 aliphatic rings. The van der Waals surface area contributed by atoms with Gasteiger partial charge in [0.1, 0.15) is 0 Å². The highest BCUT2D eigenvalue weighted by atomic mass is 16.5. The third-order valence-corrected chi connectivity index (χ3v) is 1.84. The predicted molar refractivity (Wildman–Crippen MR) is 50.7 cm³/mol. The highest BCUT2D eigenvalue weighted by Gasteiger charge is 2.23. The Hall–Kier alpha value is -1.10. The highest BCUT2D eigenvalue weighted by molar-refractivity contribution is 6.32. The Morgan fingerprint density at radius 2 is 2.00 bits per heavy atom. The number of rotatable bonds is 4. The monoisotopic (exact) mass is 203 g/mol. The average Bonchev–Trinajstić information content (AvgIpc) is 2.16. The van der Waals surface area contributed by atoms with Crippen molar-refractivity contribution in [2.45, 2.75) is 19.9 Å². The molecule has 0 saturated heterocycles. The van der Waals surface area contributed by atoms with Crippen molar-refractivity contribution in [1.82, 2.24) is 4.90 Å². The van der Waals surface area contributed by atoms with E-state index in [4.69, 9.17) is 4.74 Å². The molecule has 1 amide bonds. The van der Waals surface area contributed by atoms with Crippen molar-refractivity contribution in [2.24, 2.45) is 0 Å². The Morgan fingerprint density at radius 1 is 1.43 bits per heavy atom. The van der Waals surface area contributed by atoms with E-state index in [0.717, 1.165) is 0 Å². The van der Waals surface area contributed by atoms with Gasteiger partial charge >= 0.3 is 11.9 Å². The molecule has 0 bridgehead atoms. The maximum atomic E-state index is 11.3. The Morgan fingerprint density at radius 3 is 2.43 bits per heavy atom. The van der Waals surface area contributed by atoms with Crippen molar-refractivity contribution in [1.29, 1.82) is 0 Å². The van der Waals surface area contributed by atoms with E-state index < -0.39 is 11.9 Å². The van der Waals surface area contributed by atoms with Crippen molar-refractivity contribution in [3.63, 3.8) is 0 Å². The van der Waals surface area contributed by atoms with Gasteiger partial charge in [-0.15, -0.1) is 0 Å². The molecule has 0 saturated carbocycles. The first-order valence-electron chi connectivity index (χ1n) is 4.47. The third-order valence-electron chi connectivity index (χ3n) is 1.84. The van der Waals surface area contributed by atoms with Gasteiger partial charge in [0.05, 0.1) is 19.3 Å². The molecule has 5 heteroatoms. The topological polar surface area (TPSA) is 55.8 Å². The van der Waals surface area contributed by atoms with Crippen LogP contribution in [0.3, 0.4) is 0 Å². The normalized spacial score (nSPS) is 12.0. The number of nitrogens with zero attached hydrogens (tertiary/aromatic N) is 1. The van der Waals surface area contributed by atoms with Gasteiger partial charge in [-0.3, -0.25) is 4.79 Å². The minimum atomic E-state index is -0.821. The van der Waals surface area contributed by atoms with Gasteiger partial charge in [0, 0.05) is 14.2 Å². The minimum absolute atomic E-state index is 0.142. The standard InChI is InChI=1S/C9H17NO4/c1-5-14-9(12)8(11)10(3)7(2)6-13-4/h7H,5-6H2,1-4H3. The molecule has 1 unspecified atom stereocenters. The van der Waals surface area contributed by atoms with E-state index in [1.807, 2.05) is 0 Å². The van der Waals surface area contributed by atoms with Crippen LogP contribution >= 0.6 is 0 Å². The molecule has 0 aliphatic carbocycles. The van der Waals surface area contributed by atoms with Crippen LogP contribution in [0.4, 0.5) is 0 Å². The zero-order chi connectivity index (χ0) is 11.1.